The predicted octanol–water partition coefficient (Wildman–Crippen LogP) is 2.13. The van der Waals surface area contributed by atoms with Gasteiger partial charge in [0.05, 0.1) is 0 Å². The Labute approximate surface area is 51.0 Å². The molecule has 1 heteroatoms. The second kappa shape index (κ2) is 3.08. The third kappa shape index (κ3) is 1.48. The average Bonchev–Trinajstić information content (AvgIpc) is 1.90. The monoisotopic (exact) mass is 113 g/mol. The molecule has 1 rings (SSSR count). The van der Waals surface area contributed by atoms with Gasteiger partial charge in [-0.2, -0.15) is 18.9 Å². The van der Waals surface area contributed by atoms with Gasteiger partial charge < -0.3 is 4.74 Å². The maximum atomic E-state index is 5.34. The smallest absolute Gasteiger partial charge is 0.0113 e. The van der Waals surface area contributed by atoms with Crippen molar-refractivity contribution in [1.29, 1.82) is 0 Å². The second-order valence-electron chi connectivity index (χ2n) is 2.20. The molecule has 1 saturated heterocycles. The molecular formula is C7H13O-. The van der Waals surface area contributed by atoms with Crippen LogP contribution in [-0.4, -0.2) is 6.61 Å². The summed E-state index contributed by atoms with van der Waals surface area (Å²) in [6, 6.07) is 0. The number of hydrogen-bond donors (Lipinski definition) is 0. The summed E-state index contributed by atoms with van der Waals surface area (Å²) in [5.41, 5.74) is 0. The summed E-state index contributed by atoms with van der Waals surface area (Å²) in [4.78, 5) is 0. The molecule has 1 heterocycles. The van der Waals surface area contributed by atoms with E-state index in [4.69, 9.17) is 4.74 Å². The van der Waals surface area contributed by atoms with E-state index in [-0.39, 0.29) is 0 Å². The third-order valence-corrected chi connectivity index (χ3v) is 1.55. The molecule has 1 aliphatic rings. The van der Waals surface area contributed by atoms with E-state index in [2.05, 4.69) is 6.92 Å². The van der Waals surface area contributed by atoms with E-state index in [0.29, 0.717) is 0 Å². The van der Waals surface area contributed by atoms with Crippen LogP contribution in [0.2, 0.25) is 0 Å². The van der Waals surface area contributed by atoms with Crippen molar-refractivity contribution in [3.63, 3.8) is 0 Å². The van der Waals surface area contributed by atoms with Crippen molar-refractivity contribution in [3.8, 4) is 0 Å². The molecule has 1 fully saturated rings. The van der Waals surface area contributed by atoms with Crippen molar-refractivity contribution >= 4 is 0 Å². The van der Waals surface area contributed by atoms with Crippen LogP contribution in [0.1, 0.15) is 32.6 Å². The summed E-state index contributed by atoms with van der Waals surface area (Å²) in [5, 5.41) is 0. The van der Waals surface area contributed by atoms with Crippen LogP contribution in [0.4, 0.5) is 0 Å². The number of hydrogen-bond acceptors (Lipinski definition) is 1. The second-order valence-corrected chi connectivity index (χ2v) is 2.20. The van der Waals surface area contributed by atoms with Gasteiger partial charge in [0.25, 0.3) is 0 Å². The van der Waals surface area contributed by atoms with Crippen LogP contribution in [0.25, 0.3) is 0 Å². The fraction of sp³-hybridized carbons (Fsp3) is 0.857. The lowest BCUT2D eigenvalue weighted by molar-refractivity contribution is 0.0954. The summed E-state index contributed by atoms with van der Waals surface area (Å²) in [7, 11) is 0. The normalized spacial score (nSPS) is 23.6. The minimum Gasteiger partial charge on any atom is -0.549 e. The van der Waals surface area contributed by atoms with E-state index in [0.717, 1.165) is 13.0 Å². The number of rotatable bonds is 1. The van der Waals surface area contributed by atoms with Crippen molar-refractivity contribution in [2.45, 2.75) is 32.6 Å². The fourth-order valence-corrected chi connectivity index (χ4v) is 0.992. The Morgan fingerprint density at radius 2 is 2.38 bits per heavy atom. The van der Waals surface area contributed by atoms with Crippen LogP contribution in [0.3, 0.4) is 0 Å². The highest BCUT2D eigenvalue weighted by atomic mass is 16.5. The summed E-state index contributed by atoms with van der Waals surface area (Å²) < 4.78 is 5.34. The number of ether oxygens (including phenoxy) is 1. The van der Waals surface area contributed by atoms with Crippen molar-refractivity contribution in [3.05, 3.63) is 6.10 Å². The Morgan fingerprint density at radius 1 is 1.50 bits per heavy atom. The zero-order valence-electron chi connectivity index (χ0n) is 5.44. The molecule has 0 unspecified atom stereocenters. The molecule has 48 valence electrons. The maximum absolute atomic E-state index is 5.34. The van der Waals surface area contributed by atoms with Gasteiger partial charge in [-0.25, -0.2) is 0 Å². The zero-order valence-corrected chi connectivity index (χ0v) is 5.44. The maximum Gasteiger partial charge on any atom is 0.0113 e. The van der Waals surface area contributed by atoms with E-state index >= 15 is 0 Å². The van der Waals surface area contributed by atoms with E-state index < -0.39 is 0 Å². The molecule has 0 aliphatic carbocycles. The molecule has 0 radical (unpaired) electrons. The fourth-order valence-electron chi connectivity index (χ4n) is 0.992. The third-order valence-electron chi connectivity index (χ3n) is 1.55. The molecule has 0 aromatic carbocycles. The minimum atomic E-state index is 0.961. The first-order chi connectivity index (χ1) is 3.93. The van der Waals surface area contributed by atoms with Crippen molar-refractivity contribution < 1.29 is 4.74 Å². The summed E-state index contributed by atoms with van der Waals surface area (Å²) in [6.07, 6.45) is 6.21. The summed E-state index contributed by atoms with van der Waals surface area (Å²) in [5.74, 6) is 0. The lowest BCUT2D eigenvalue weighted by Gasteiger charge is -2.34. The molecule has 1 aliphatic heterocycles. The van der Waals surface area contributed by atoms with Crippen LogP contribution in [-0.2, 0) is 4.74 Å². The molecule has 0 amide bonds. The Balaban J connectivity index is 2.13. The van der Waals surface area contributed by atoms with Crippen LogP contribution in [0.15, 0.2) is 0 Å². The molecule has 0 bridgehead atoms. The Kier molecular flexibility index (Phi) is 2.34. The quantitative estimate of drug-likeness (QED) is 0.473. The first-order valence-corrected chi connectivity index (χ1v) is 3.41. The molecule has 0 aromatic heterocycles. The SMILES string of the molecule is CC[C-]1CCCCO1. The average molecular weight is 113 g/mol. The molecule has 0 aromatic rings. The van der Waals surface area contributed by atoms with Crippen molar-refractivity contribution in [2.75, 3.05) is 6.61 Å². The molecule has 0 atom stereocenters. The Bertz CT molecular complexity index is 55.4. The molecular weight excluding hydrogens is 100 g/mol. The van der Waals surface area contributed by atoms with E-state index in [1.165, 1.54) is 25.4 Å². The van der Waals surface area contributed by atoms with Gasteiger partial charge in [-0.1, -0.05) is 13.3 Å². The van der Waals surface area contributed by atoms with Crippen LogP contribution in [0, 0.1) is 6.10 Å². The van der Waals surface area contributed by atoms with Gasteiger partial charge >= 0.3 is 0 Å². The summed E-state index contributed by atoms with van der Waals surface area (Å²) >= 11 is 0. The van der Waals surface area contributed by atoms with Crippen LogP contribution < -0.4 is 0 Å². The first-order valence-electron chi connectivity index (χ1n) is 3.41. The summed E-state index contributed by atoms with van der Waals surface area (Å²) in [6.45, 7) is 3.11. The van der Waals surface area contributed by atoms with Gasteiger partial charge in [0.2, 0.25) is 0 Å². The standard InChI is InChI=1S/C7H13O/c1-2-7-5-3-4-6-8-7/h2-6H2,1H3/q-1. The van der Waals surface area contributed by atoms with Gasteiger partial charge in [0.1, 0.15) is 0 Å². The lowest BCUT2D eigenvalue weighted by atomic mass is 10.1. The van der Waals surface area contributed by atoms with Crippen molar-refractivity contribution in [2.24, 2.45) is 0 Å². The predicted molar refractivity (Wildman–Crippen MR) is 33.3 cm³/mol. The molecule has 0 saturated carbocycles. The van der Waals surface area contributed by atoms with Gasteiger partial charge in [-0.15, -0.1) is 0 Å². The largest absolute Gasteiger partial charge is 0.549 e. The zero-order chi connectivity index (χ0) is 5.82. The van der Waals surface area contributed by atoms with E-state index in [1.807, 2.05) is 0 Å². The molecule has 8 heavy (non-hydrogen) atoms. The van der Waals surface area contributed by atoms with Gasteiger partial charge in [-0.05, 0) is 6.42 Å². The molecule has 1 nitrogen and oxygen atoms in total. The topological polar surface area (TPSA) is 9.23 Å². The van der Waals surface area contributed by atoms with Crippen LogP contribution >= 0.6 is 0 Å². The van der Waals surface area contributed by atoms with E-state index in [9.17, 15) is 0 Å². The highest BCUT2D eigenvalue weighted by molar-refractivity contribution is 4.78. The van der Waals surface area contributed by atoms with Crippen LogP contribution in [0.5, 0.6) is 0 Å². The lowest BCUT2D eigenvalue weighted by Crippen LogP contribution is -2.09. The van der Waals surface area contributed by atoms with Gasteiger partial charge in [-0.3, -0.25) is 0 Å². The van der Waals surface area contributed by atoms with Gasteiger partial charge in [0, 0.05) is 6.61 Å². The highest BCUT2D eigenvalue weighted by Crippen LogP contribution is 2.21. The van der Waals surface area contributed by atoms with Gasteiger partial charge in [0.15, 0.2) is 0 Å². The van der Waals surface area contributed by atoms with E-state index in [1.54, 1.807) is 0 Å². The molecule has 0 N–H and O–H groups in total. The Hall–Kier alpha value is -0.0400. The first kappa shape index (κ1) is 6.09. The molecule has 0 spiro atoms. The Morgan fingerprint density at radius 3 is 2.75 bits per heavy atom. The van der Waals surface area contributed by atoms with Crippen molar-refractivity contribution in [1.82, 2.24) is 0 Å². The highest BCUT2D eigenvalue weighted by Gasteiger charge is 1.97. The minimum absolute atomic E-state index is 0.961.